The number of hydrogen-bond acceptors (Lipinski definition) is 3. The fraction of sp³-hybridized carbons (Fsp3) is 0.222. The number of methoxy groups -OCH3 is 1. The van der Waals surface area contributed by atoms with Crippen LogP contribution < -0.4 is 14.8 Å². The molecule has 23 heavy (non-hydrogen) atoms. The molecule has 0 amide bonds. The van der Waals surface area contributed by atoms with E-state index < -0.39 is 0 Å². The van der Waals surface area contributed by atoms with Gasteiger partial charge in [0.2, 0.25) is 0 Å². The van der Waals surface area contributed by atoms with Crippen molar-refractivity contribution in [2.24, 2.45) is 0 Å². The van der Waals surface area contributed by atoms with Crippen LogP contribution in [0.2, 0.25) is 5.02 Å². The predicted molar refractivity (Wildman–Crippen MR) is 98.4 cm³/mol. The molecule has 0 aromatic heterocycles. The van der Waals surface area contributed by atoms with Crippen LogP contribution in [0.3, 0.4) is 0 Å². The van der Waals surface area contributed by atoms with Crippen molar-refractivity contribution in [3.8, 4) is 11.5 Å². The van der Waals surface area contributed by atoms with E-state index in [-0.39, 0.29) is 0 Å². The largest absolute Gasteiger partial charge is 0.493 e. The highest BCUT2D eigenvalue weighted by molar-refractivity contribution is 9.10. The predicted octanol–water partition coefficient (Wildman–Crippen LogP) is 4.97. The second kappa shape index (κ2) is 8.96. The smallest absolute Gasteiger partial charge is 0.162 e. The van der Waals surface area contributed by atoms with Gasteiger partial charge in [0.25, 0.3) is 0 Å². The van der Waals surface area contributed by atoms with Crippen LogP contribution in [0.4, 0.5) is 0 Å². The van der Waals surface area contributed by atoms with Crippen molar-refractivity contribution < 1.29 is 9.47 Å². The molecular formula is C18H19BrClNO2. The summed E-state index contributed by atoms with van der Waals surface area (Å²) in [6, 6.07) is 11.5. The highest BCUT2D eigenvalue weighted by Gasteiger charge is 2.10. The maximum absolute atomic E-state index is 5.99. The molecule has 0 bridgehead atoms. The van der Waals surface area contributed by atoms with Crippen LogP contribution in [0.5, 0.6) is 11.5 Å². The number of nitrogens with one attached hydrogen (secondary N) is 1. The average Bonchev–Trinajstić information content (AvgIpc) is 2.54. The zero-order chi connectivity index (χ0) is 16.7. The minimum atomic E-state index is 0.428. The summed E-state index contributed by atoms with van der Waals surface area (Å²) >= 11 is 9.57. The number of benzene rings is 2. The van der Waals surface area contributed by atoms with E-state index in [4.69, 9.17) is 21.1 Å². The zero-order valence-electron chi connectivity index (χ0n) is 12.9. The van der Waals surface area contributed by atoms with Crippen LogP contribution in [0.1, 0.15) is 11.1 Å². The summed E-state index contributed by atoms with van der Waals surface area (Å²) in [7, 11) is 1.64. The van der Waals surface area contributed by atoms with E-state index in [2.05, 4.69) is 27.8 Å². The molecule has 0 radical (unpaired) electrons. The zero-order valence-corrected chi connectivity index (χ0v) is 15.3. The molecule has 0 aliphatic carbocycles. The van der Waals surface area contributed by atoms with E-state index in [0.29, 0.717) is 23.1 Å². The Morgan fingerprint density at radius 2 is 2.09 bits per heavy atom. The van der Waals surface area contributed by atoms with Crippen molar-refractivity contribution in [1.82, 2.24) is 5.32 Å². The molecule has 5 heteroatoms. The molecule has 2 aromatic carbocycles. The van der Waals surface area contributed by atoms with Gasteiger partial charge >= 0.3 is 0 Å². The third-order valence-electron chi connectivity index (χ3n) is 3.22. The van der Waals surface area contributed by atoms with E-state index in [9.17, 15) is 0 Å². The lowest BCUT2D eigenvalue weighted by Gasteiger charge is -2.14. The number of halogens is 2. The van der Waals surface area contributed by atoms with Gasteiger partial charge in [-0.25, -0.2) is 0 Å². The van der Waals surface area contributed by atoms with Gasteiger partial charge in [-0.3, -0.25) is 0 Å². The van der Waals surface area contributed by atoms with E-state index in [1.54, 1.807) is 7.11 Å². The van der Waals surface area contributed by atoms with Gasteiger partial charge in [-0.05, 0) is 35.4 Å². The SMILES string of the molecule is C=CCNCc1cc(OC)c(OCc2cccc(Cl)c2)cc1Br. The van der Waals surface area contributed by atoms with Crippen LogP contribution >= 0.6 is 27.5 Å². The highest BCUT2D eigenvalue weighted by Crippen LogP contribution is 2.34. The molecular weight excluding hydrogens is 378 g/mol. The van der Waals surface area contributed by atoms with Crippen LogP contribution in [-0.4, -0.2) is 13.7 Å². The average molecular weight is 397 g/mol. The molecule has 3 nitrogen and oxygen atoms in total. The topological polar surface area (TPSA) is 30.5 Å². The van der Waals surface area contributed by atoms with Gasteiger partial charge in [0.05, 0.1) is 7.11 Å². The van der Waals surface area contributed by atoms with Gasteiger partial charge in [-0.15, -0.1) is 6.58 Å². The standard InChI is InChI=1S/C18H19BrClNO2/c1-3-7-21-11-14-9-17(22-2)18(10-16(14)19)23-12-13-5-4-6-15(20)8-13/h3-6,8-10,21H,1,7,11-12H2,2H3. The monoisotopic (exact) mass is 395 g/mol. The normalized spacial score (nSPS) is 10.4. The summed E-state index contributed by atoms with van der Waals surface area (Å²) < 4.78 is 12.3. The summed E-state index contributed by atoms with van der Waals surface area (Å²) in [5.74, 6) is 1.39. The molecule has 1 N–H and O–H groups in total. The van der Waals surface area contributed by atoms with Crippen molar-refractivity contribution in [2.45, 2.75) is 13.2 Å². The van der Waals surface area contributed by atoms with Crippen LogP contribution in [0, 0.1) is 0 Å². The summed E-state index contributed by atoms with van der Waals surface area (Å²) in [6.07, 6.45) is 1.83. The highest BCUT2D eigenvalue weighted by atomic mass is 79.9. The molecule has 2 rings (SSSR count). The Bertz CT molecular complexity index is 676. The number of rotatable bonds is 8. The fourth-order valence-electron chi connectivity index (χ4n) is 2.08. The first-order valence-corrected chi connectivity index (χ1v) is 8.36. The molecule has 0 fully saturated rings. The molecule has 0 spiro atoms. The van der Waals surface area contributed by atoms with E-state index >= 15 is 0 Å². The second-order valence-electron chi connectivity index (χ2n) is 4.93. The lowest BCUT2D eigenvalue weighted by molar-refractivity contribution is 0.284. The molecule has 0 saturated heterocycles. The minimum Gasteiger partial charge on any atom is -0.493 e. The van der Waals surface area contributed by atoms with Gasteiger partial charge in [-0.2, -0.15) is 0 Å². The molecule has 2 aromatic rings. The van der Waals surface area contributed by atoms with Gasteiger partial charge in [0, 0.05) is 22.6 Å². The van der Waals surface area contributed by atoms with Gasteiger partial charge in [0.1, 0.15) is 6.61 Å². The molecule has 0 aliphatic heterocycles. The first kappa shape index (κ1) is 17.9. The van der Waals surface area contributed by atoms with Crippen LogP contribution in [0.25, 0.3) is 0 Å². The maximum atomic E-state index is 5.99. The Balaban J connectivity index is 2.11. The number of hydrogen-bond donors (Lipinski definition) is 1. The molecule has 0 atom stereocenters. The summed E-state index contributed by atoms with van der Waals surface area (Å²) in [5.41, 5.74) is 2.10. The summed E-state index contributed by atoms with van der Waals surface area (Å²) in [4.78, 5) is 0. The van der Waals surface area contributed by atoms with E-state index in [0.717, 1.165) is 28.7 Å². The third-order valence-corrected chi connectivity index (χ3v) is 4.19. The van der Waals surface area contributed by atoms with Gasteiger partial charge in [-0.1, -0.05) is 45.7 Å². The Morgan fingerprint density at radius 3 is 2.78 bits per heavy atom. The molecule has 0 unspecified atom stereocenters. The van der Waals surface area contributed by atoms with E-state index in [1.165, 1.54) is 0 Å². The summed E-state index contributed by atoms with van der Waals surface area (Å²) in [5, 5.41) is 3.97. The maximum Gasteiger partial charge on any atom is 0.162 e. The Morgan fingerprint density at radius 1 is 1.26 bits per heavy atom. The first-order valence-electron chi connectivity index (χ1n) is 7.19. The van der Waals surface area contributed by atoms with Crippen LogP contribution in [0.15, 0.2) is 53.5 Å². The molecule has 0 saturated carbocycles. The van der Waals surface area contributed by atoms with Crippen molar-refractivity contribution in [3.63, 3.8) is 0 Å². The first-order chi connectivity index (χ1) is 11.1. The molecule has 122 valence electrons. The fourth-order valence-corrected chi connectivity index (χ4v) is 2.76. The van der Waals surface area contributed by atoms with Gasteiger partial charge < -0.3 is 14.8 Å². The molecule has 0 heterocycles. The molecule has 0 aliphatic rings. The minimum absolute atomic E-state index is 0.428. The van der Waals surface area contributed by atoms with Crippen LogP contribution in [-0.2, 0) is 13.2 Å². The second-order valence-corrected chi connectivity index (χ2v) is 6.22. The lowest BCUT2D eigenvalue weighted by atomic mass is 10.2. The lowest BCUT2D eigenvalue weighted by Crippen LogP contribution is -2.13. The number of ether oxygens (including phenoxy) is 2. The quantitative estimate of drug-likeness (QED) is 0.505. The van der Waals surface area contributed by atoms with E-state index in [1.807, 2.05) is 42.5 Å². The Kier molecular flexibility index (Phi) is 6.96. The summed E-state index contributed by atoms with van der Waals surface area (Å²) in [6.45, 7) is 5.59. The van der Waals surface area contributed by atoms with Crippen molar-refractivity contribution >= 4 is 27.5 Å². The van der Waals surface area contributed by atoms with Crippen molar-refractivity contribution in [3.05, 3.63) is 69.7 Å². The van der Waals surface area contributed by atoms with Gasteiger partial charge in [0.15, 0.2) is 11.5 Å². The Hall–Kier alpha value is -1.49. The third kappa shape index (κ3) is 5.27. The van der Waals surface area contributed by atoms with Crippen molar-refractivity contribution in [1.29, 1.82) is 0 Å². The van der Waals surface area contributed by atoms with Crippen molar-refractivity contribution in [2.75, 3.05) is 13.7 Å². The Labute approximate surface area is 150 Å².